The Kier molecular flexibility index (Phi) is 4.26. The molecule has 1 amide bonds. The van der Waals surface area contributed by atoms with Crippen LogP contribution in [0.4, 0.5) is 0 Å². The molecule has 1 saturated heterocycles. The van der Waals surface area contributed by atoms with Crippen molar-refractivity contribution in [1.29, 1.82) is 0 Å². The standard InChI is InChI=1S/C28H19NO9/c1-28-10-12-7-11-3-4-13-20(18(11)24(33)19(12)27(35)29(28)5-6-37-28)25(34)21-22(31)14-8-15(30)17(36-2)9-16(14)38-26(21)23(13)32/h3-4,7-9,30,33H,5-6,10H2,1-2H3. The summed E-state index contributed by atoms with van der Waals surface area (Å²) in [6.45, 7) is 2.53. The number of ether oxygens (including phenoxy) is 2. The lowest BCUT2D eigenvalue weighted by atomic mass is 9.81. The van der Waals surface area contributed by atoms with E-state index < -0.39 is 45.7 Å². The highest BCUT2D eigenvalue weighted by atomic mass is 16.5. The van der Waals surface area contributed by atoms with Crippen LogP contribution in [-0.2, 0) is 11.2 Å². The van der Waals surface area contributed by atoms with Gasteiger partial charge in [-0.3, -0.25) is 19.2 Å². The molecule has 0 saturated carbocycles. The summed E-state index contributed by atoms with van der Waals surface area (Å²) < 4.78 is 16.6. The second kappa shape index (κ2) is 7.20. The van der Waals surface area contributed by atoms with Gasteiger partial charge in [0.2, 0.25) is 17.0 Å². The molecule has 0 spiro atoms. The molecule has 3 heterocycles. The van der Waals surface area contributed by atoms with Gasteiger partial charge in [-0.1, -0.05) is 6.07 Å². The van der Waals surface area contributed by atoms with Gasteiger partial charge in [0.1, 0.15) is 22.6 Å². The normalized spacial score (nSPS) is 19.9. The van der Waals surface area contributed by atoms with Gasteiger partial charge in [0.05, 0.1) is 24.7 Å². The van der Waals surface area contributed by atoms with Crippen LogP contribution >= 0.6 is 0 Å². The topological polar surface area (TPSA) is 144 Å². The first-order chi connectivity index (χ1) is 18.1. The van der Waals surface area contributed by atoms with Crippen molar-refractivity contribution < 1.29 is 38.5 Å². The highest BCUT2D eigenvalue weighted by Crippen LogP contribution is 2.45. The van der Waals surface area contributed by atoms with Crippen molar-refractivity contribution in [2.75, 3.05) is 20.3 Å². The van der Waals surface area contributed by atoms with E-state index in [1.54, 1.807) is 17.0 Å². The minimum atomic E-state index is -0.836. The number of amides is 1. The summed E-state index contributed by atoms with van der Waals surface area (Å²) >= 11 is 0. The number of fused-ring (bicyclic) bond motifs is 7. The molecule has 4 aromatic rings. The molecule has 190 valence electrons. The molecule has 1 aliphatic carbocycles. The summed E-state index contributed by atoms with van der Waals surface area (Å²) in [5.74, 6) is -3.15. The maximum absolute atomic E-state index is 13.8. The molecule has 0 radical (unpaired) electrons. The Bertz CT molecular complexity index is 1890. The van der Waals surface area contributed by atoms with E-state index >= 15 is 0 Å². The molecule has 1 fully saturated rings. The Balaban J connectivity index is 1.51. The molecule has 38 heavy (non-hydrogen) atoms. The summed E-state index contributed by atoms with van der Waals surface area (Å²) in [7, 11) is 1.32. The number of benzene rings is 3. The first-order valence-corrected chi connectivity index (χ1v) is 11.9. The number of ketones is 2. The summed E-state index contributed by atoms with van der Waals surface area (Å²) in [6.07, 6.45) is 0.340. The van der Waals surface area contributed by atoms with E-state index in [4.69, 9.17) is 13.9 Å². The number of methoxy groups -OCH3 is 1. The molecule has 1 atom stereocenters. The second-order valence-corrected chi connectivity index (χ2v) is 9.82. The fourth-order valence-electron chi connectivity index (χ4n) is 5.94. The van der Waals surface area contributed by atoms with Crippen molar-refractivity contribution in [3.8, 4) is 17.2 Å². The lowest BCUT2D eigenvalue weighted by Crippen LogP contribution is -2.51. The van der Waals surface area contributed by atoms with Crippen LogP contribution in [0.15, 0.2) is 39.5 Å². The molecular formula is C28H19NO9. The van der Waals surface area contributed by atoms with Crippen LogP contribution in [-0.4, -0.2) is 58.6 Å². The number of carbonyl (C=O) groups excluding carboxylic acids is 3. The van der Waals surface area contributed by atoms with E-state index in [0.717, 1.165) is 6.07 Å². The maximum atomic E-state index is 13.8. The minimum absolute atomic E-state index is 0.0133. The van der Waals surface area contributed by atoms with E-state index in [2.05, 4.69) is 0 Å². The number of nitrogens with zero attached hydrogens (tertiary/aromatic N) is 1. The van der Waals surface area contributed by atoms with Gasteiger partial charge in [-0.2, -0.15) is 0 Å². The largest absolute Gasteiger partial charge is 0.506 e. The number of rotatable bonds is 1. The molecule has 3 aliphatic rings. The first-order valence-electron chi connectivity index (χ1n) is 11.9. The molecule has 0 bridgehead atoms. The van der Waals surface area contributed by atoms with Crippen LogP contribution in [0.1, 0.15) is 54.9 Å². The van der Waals surface area contributed by atoms with E-state index in [-0.39, 0.29) is 44.5 Å². The van der Waals surface area contributed by atoms with Gasteiger partial charge in [0.15, 0.2) is 17.3 Å². The summed E-state index contributed by atoms with van der Waals surface area (Å²) in [4.78, 5) is 55.8. The average molecular weight is 513 g/mol. The first kappa shape index (κ1) is 22.5. The Labute approximate surface area is 213 Å². The third kappa shape index (κ3) is 2.64. The SMILES string of the molecule is COc1cc2oc3c(c(=O)c2cc1O)C(=O)c1c(ccc2cc4c(c(O)c12)C(=O)N1CCOC1(C)C4)C3=O. The number of phenols is 2. The average Bonchev–Trinajstić information content (AvgIpc) is 3.28. The fourth-order valence-corrected chi connectivity index (χ4v) is 5.94. The van der Waals surface area contributed by atoms with Crippen molar-refractivity contribution in [2.24, 2.45) is 0 Å². The Morgan fingerprint density at radius 1 is 1.00 bits per heavy atom. The molecule has 2 N–H and O–H groups in total. The molecule has 2 aliphatic heterocycles. The molecular weight excluding hydrogens is 494 g/mol. The van der Waals surface area contributed by atoms with Crippen LogP contribution in [0, 0.1) is 0 Å². The summed E-state index contributed by atoms with van der Waals surface area (Å²) in [5.41, 5.74) is -1.81. The fraction of sp³-hybridized carbons (Fsp3) is 0.214. The molecule has 1 unspecified atom stereocenters. The quantitative estimate of drug-likeness (QED) is 0.346. The van der Waals surface area contributed by atoms with E-state index in [1.165, 1.54) is 19.2 Å². The lowest BCUT2D eigenvalue weighted by molar-refractivity contribution is -0.0568. The second-order valence-electron chi connectivity index (χ2n) is 9.82. The van der Waals surface area contributed by atoms with Gasteiger partial charge in [0.25, 0.3) is 5.91 Å². The van der Waals surface area contributed by atoms with Gasteiger partial charge in [-0.05, 0) is 36.1 Å². The third-order valence-corrected chi connectivity index (χ3v) is 7.74. The van der Waals surface area contributed by atoms with Gasteiger partial charge >= 0.3 is 0 Å². The number of carbonyl (C=O) groups is 3. The van der Waals surface area contributed by atoms with E-state index in [1.807, 2.05) is 6.92 Å². The highest BCUT2D eigenvalue weighted by molar-refractivity contribution is 6.32. The smallest absolute Gasteiger partial charge is 0.260 e. The van der Waals surface area contributed by atoms with E-state index in [0.29, 0.717) is 30.5 Å². The Morgan fingerprint density at radius 3 is 2.55 bits per heavy atom. The predicted octanol–water partition coefficient (Wildman–Crippen LogP) is 2.89. The van der Waals surface area contributed by atoms with Crippen LogP contribution in [0.2, 0.25) is 0 Å². The molecule has 3 aromatic carbocycles. The molecule has 10 nitrogen and oxygen atoms in total. The van der Waals surface area contributed by atoms with Gasteiger partial charge < -0.3 is 29.0 Å². The summed E-state index contributed by atoms with van der Waals surface area (Å²) in [5, 5.41) is 21.9. The van der Waals surface area contributed by atoms with E-state index in [9.17, 15) is 29.4 Å². The van der Waals surface area contributed by atoms with Crippen LogP contribution in [0.25, 0.3) is 21.7 Å². The lowest BCUT2D eigenvalue weighted by Gasteiger charge is -2.39. The van der Waals surface area contributed by atoms with Crippen LogP contribution < -0.4 is 10.2 Å². The zero-order valence-corrected chi connectivity index (χ0v) is 20.2. The van der Waals surface area contributed by atoms with Gasteiger partial charge in [-0.15, -0.1) is 0 Å². The van der Waals surface area contributed by atoms with Crippen molar-refractivity contribution in [3.05, 3.63) is 74.1 Å². The number of hydrogen-bond donors (Lipinski definition) is 2. The monoisotopic (exact) mass is 513 g/mol. The zero-order valence-electron chi connectivity index (χ0n) is 20.2. The van der Waals surface area contributed by atoms with Crippen LogP contribution in [0.3, 0.4) is 0 Å². The number of hydrogen-bond acceptors (Lipinski definition) is 9. The van der Waals surface area contributed by atoms with Crippen LogP contribution in [0.5, 0.6) is 17.2 Å². The number of aromatic hydroxyl groups is 2. The Hall–Kier alpha value is -4.70. The van der Waals surface area contributed by atoms with Gasteiger partial charge in [0, 0.05) is 35.5 Å². The molecule has 10 heteroatoms. The minimum Gasteiger partial charge on any atom is -0.506 e. The van der Waals surface area contributed by atoms with Crippen molar-refractivity contribution in [3.63, 3.8) is 0 Å². The van der Waals surface area contributed by atoms with Crippen molar-refractivity contribution >= 4 is 39.2 Å². The van der Waals surface area contributed by atoms with Crippen molar-refractivity contribution in [1.82, 2.24) is 4.90 Å². The predicted molar refractivity (Wildman–Crippen MR) is 132 cm³/mol. The third-order valence-electron chi connectivity index (χ3n) is 7.74. The zero-order chi connectivity index (χ0) is 26.7. The highest BCUT2D eigenvalue weighted by Gasteiger charge is 2.48. The van der Waals surface area contributed by atoms with Gasteiger partial charge in [-0.25, -0.2) is 0 Å². The maximum Gasteiger partial charge on any atom is 0.260 e. The van der Waals surface area contributed by atoms with Crippen molar-refractivity contribution in [2.45, 2.75) is 19.1 Å². The molecule has 1 aromatic heterocycles. The molecule has 7 rings (SSSR count). The Morgan fingerprint density at radius 2 is 1.79 bits per heavy atom. The summed E-state index contributed by atoms with van der Waals surface area (Å²) in [6, 6.07) is 7.10. The number of phenolic OH excluding ortho intramolecular Hbond substituents is 2.